The summed E-state index contributed by atoms with van der Waals surface area (Å²) in [5.74, 6) is -0.287. The van der Waals surface area contributed by atoms with Gasteiger partial charge in [-0.15, -0.1) is 0 Å². The molecule has 15 heavy (non-hydrogen) atoms. The number of carbonyl (C=O) groups is 1. The highest BCUT2D eigenvalue weighted by Gasteiger charge is 2.18. The minimum atomic E-state index is -0.602. The molecule has 0 aliphatic heterocycles. The zero-order valence-corrected chi connectivity index (χ0v) is 8.61. The molecule has 0 aromatic heterocycles. The van der Waals surface area contributed by atoms with Gasteiger partial charge in [0.25, 0.3) is 0 Å². The number of hydrogen-bond acceptors (Lipinski definition) is 4. The number of phenolic OH excluding ortho intramolecular Hbond substituents is 1. The highest BCUT2D eigenvalue weighted by molar-refractivity contribution is 6.17. The van der Waals surface area contributed by atoms with Gasteiger partial charge >= 0.3 is 5.97 Å². The second-order valence-corrected chi connectivity index (χ2v) is 2.82. The summed E-state index contributed by atoms with van der Waals surface area (Å²) >= 11 is 0. The minimum absolute atomic E-state index is 0.0625. The topological polar surface area (TPSA) is 55.8 Å². The van der Waals surface area contributed by atoms with Crippen molar-refractivity contribution in [3.63, 3.8) is 0 Å². The van der Waals surface area contributed by atoms with Gasteiger partial charge in [-0.1, -0.05) is 12.6 Å². The average molecular weight is 208 g/mol. The number of benzene rings is 1. The van der Waals surface area contributed by atoms with Crippen LogP contribution in [0.4, 0.5) is 0 Å². The van der Waals surface area contributed by atoms with Crippen LogP contribution in [0.1, 0.15) is 5.56 Å². The third kappa shape index (κ3) is 2.10. The first kappa shape index (κ1) is 11.1. The first-order valence-corrected chi connectivity index (χ1v) is 4.25. The van der Waals surface area contributed by atoms with Crippen LogP contribution >= 0.6 is 0 Å². The Kier molecular flexibility index (Phi) is 3.33. The molecule has 0 amide bonds. The van der Waals surface area contributed by atoms with E-state index in [-0.39, 0.29) is 16.9 Å². The lowest BCUT2D eigenvalue weighted by atomic mass is 10.1. The first-order valence-electron chi connectivity index (χ1n) is 4.25. The van der Waals surface area contributed by atoms with Crippen molar-refractivity contribution < 1.29 is 19.4 Å². The number of rotatable bonds is 3. The van der Waals surface area contributed by atoms with Gasteiger partial charge in [-0.25, -0.2) is 4.79 Å². The van der Waals surface area contributed by atoms with Gasteiger partial charge in [0.05, 0.1) is 25.4 Å². The maximum Gasteiger partial charge on any atom is 0.338 e. The average Bonchev–Trinajstić information content (AvgIpc) is 2.26. The van der Waals surface area contributed by atoms with Gasteiger partial charge in [0.15, 0.2) is 0 Å². The largest absolute Gasteiger partial charge is 0.507 e. The lowest BCUT2D eigenvalue weighted by Gasteiger charge is -2.10. The van der Waals surface area contributed by atoms with E-state index in [1.165, 1.54) is 20.3 Å². The molecular weight excluding hydrogens is 196 g/mol. The fraction of sp³-hybridized carbons (Fsp3) is 0.182. The molecule has 1 aromatic carbocycles. The second-order valence-electron chi connectivity index (χ2n) is 2.82. The fourth-order valence-electron chi connectivity index (χ4n) is 1.22. The Balaban J connectivity index is 3.23. The van der Waals surface area contributed by atoms with Crippen molar-refractivity contribution in [1.82, 2.24) is 0 Å². The summed E-state index contributed by atoms with van der Waals surface area (Å²) < 4.78 is 9.53. The molecule has 0 saturated heterocycles. The number of aromatic hydroxyl groups is 1. The lowest BCUT2D eigenvalue weighted by molar-refractivity contribution is -0.133. The molecular formula is C11H12O4. The maximum absolute atomic E-state index is 11.2. The molecule has 80 valence electrons. The predicted octanol–water partition coefficient (Wildman–Crippen LogP) is 1.59. The Morgan fingerprint density at radius 1 is 1.40 bits per heavy atom. The van der Waals surface area contributed by atoms with Crippen LogP contribution in [0.5, 0.6) is 11.5 Å². The Hall–Kier alpha value is -1.97. The van der Waals surface area contributed by atoms with Crippen molar-refractivity contribution in [1.29, 1.82) is 0 Å². The van der Waals surface area contributed by atoms with E-state index in [4.69, 9.17) is 4.74 Å². The van der Waals surface area contributed by atoms with Gasteiger partial charge in [0.2, 0.25) is 0 Å². The van der Waals surface area contributed by atoms with E-state index in [0.29, 0.717) is 5.75 Å². The molecule has 0 saturated carbocycles. The maximum atomic E-state index is 11.2. The third-order valence-electron chi connectivity index (χ3n) is 1.96. The molecule has 0 atom stereocenters. The molecule has 0 aliphatic rings. The van der Waals surface area contributed by atoms with Crippen LogP contribution in [0.3, 0.4) is 0 Å². The number of carbonyl (C=O) groups excluding carboxylic acids is 1. The van der Waals surface area contributed by atoms with Gasteiger partial charge in [0, 0.05) is 0 Å². The van der Waals surface area contributed by atoms with E-state index in [1.54, 1.807) is 12.1 Å². The number of methoxy groups -OCH3 is 2. The summed E-state index contributed by atoms with van der Waals surface area (Å²) in [6, 6.07) is 4.69. The Labute approximate surface area is 87.7 Å². The lowest BCUT2D eigenvalue weighted by Crippen LogP contribution is -2.04. The summed E-state index contributed by atoms with van der Waals surface area (Å²) in [7, 11) is 2.70. The van der Waals surface area contributed by atoms with Gasteiger partial charge < -0.3 is 14.6 Å². The van der Waals surface area contributed by atoms with E-state index in [2.05, 4.69) is 11.3 Å². The molecule has 1 aromatic rings. The molecule has 1 N–H and O–H groups in total. The quantitative estimate of drug-likeness (QED) is 0.605. The summed E-state index contributed by atoms with van der Waals surface area (Å²) in [4.78, 5) is 11.2. The van der Waals surface area contributed by atoms with Crippen molar-refractivity contribution in [3.05, 3.63) is 30.3 Å². The first-order chi connectivity index (χ1) is 7.11. The summed E-state index contributed by atoms with van der Waals surface area (Å²) in [6.07, 6.45) is 0. The molecule has 0 fully saturated rings. The van der Waals surface area contributed by atoms with Crippen LogP contribution < -0.4 is 4.74 Å². The molecule has 0 bridgehead atoms. The van der Waals surface area contributed by atoms with Crippen LogP contribution in [0, 0.1) is 0 Å². The summed E-state index contributed by atoms with van der Waals surface area (Å²) in [6.45, 7) is 3.55. The van der Waals surface area contributed by atoms with Crippen LogP contribution in [0.25, 0.3) is 5.57 Å². The molecule has 0 radical (unpaired) electrons. The summed E-state index contributed by atoms with van der Waals surface area (Å²) in [5, 5.41) is 9.59. The van der Waals surface area contributed by atoms with Crippen LogP contribution in [-0.2, 0) is 9.53 Å². The van der Waals surface area contributed by atoms with Gasteiger partial charge in [0.1, 0.15) is 11.5 Å². The van der Waals surface area contributed by atoms with Crippen molar-refractivity contribution in [2.24, 2.45) is 0 Å². The number of esters is 1. The van der Waals surface area contributed by atoms with E-state index in [1.807, 2.05) is 0 Å². The SMILES string of the molecule is C=C(C(=O)OC)c1c(O)cccc1OC. The zero-order chi connectivity index (χ0) is 11.4. The fourth-order valence-corrected chi connectivity index (χ4v) is 1.22. The molecule has 0 unspecified atom stereocenters. The molecule has 4 nitrogen and oxygen atoms in total. The van der Waals surface area contributed by atoms with Gasteiger partial charge in [-0.3, -0.25) is 0 Å². The highest BCUT2D eigenvalue weighted by Crippen LogP contribution is 2.33. The minimum Gasteiger partial charge on any atom is -0.507 e. The Morgan fingerprint density at radius 3 is 2.60 bits per heavy atom. The zero-order valence-electron chi connectivity index (χ0n) is 8.61. The molecule has 0 aliphatic carbocycles. The van der Waals surface area contributed by atoms with E-state index >= 15 is 0 Å². The third-order valence-corrected chi connectivity index (χ3v) is 1.96. The van der Waals surface area contributed by atoms with Crippen molar-refractivity contribution in [2.75, 3.05) is 14.2 Å². The van der Waals surface area contributed by atoms with Crippen LogP contribution in [0.2, 0.25) is 0 Å². The Bertz CT molecular complexity index is 396. The molecule has 0 heterocycles. The summed E-state index contributed by atoms with van der Waals surface area (Å²) in [5.41, 5.74) is 0.319. The van der Waals surface area contributed by atoms with Crippen molar-refractivity contribution >= 4 is 11.5 Å². The van der Waals surface area contributed by atoms with E-state index < -0.39 is 5.97 Å². The molecule has 4 heteroatoms. The number of hydrogen-bond donors (Lipinski definition) is 1. The highest BCUT2D eigenvalue weighted by atomic mass is 16.5. The normalized spacial score (nSPS) is 9.47. The number of phenols is 1. The van der Waals surface area contributed by atoms with E-state index in [0.717, 1.165) is 0 Å². The van der Waals surface area contributed by atoms with Gasteiger partial charge in [-0.05, 0) is 12.1 Å². The van der Waals surface area contributed by atoms with Crippen molar-refractivity contribution in [3.8, 4) is 11.5 Å². The monoisotopic (exact) mass is 208 g/mol. The predicted molar refractivity (Wildman–Crippen MR) is 55.7 cm³/mol. The van der Waals surface area contributed by atoms with Crippen LogP contribution in [0.15, 0.2) is 24.8 Å². The van der Waals surface area contributed by atoms with E-state index in [9.17, 15) is 9.90 Å². The molecule has 0 spiro atoms. The number of ether oxygens (including phenoxy) is 2. The standard InChI is InChI=1S/C11H12O4/c1-7(11(13)15-3)10-8(12)5-4-6-9(10)14-2/h4-6,12H,1H2,2-3H3. The Morgan fingerprint density at radius 2 is 2.07 bits per heavy atom. The smallest absolute Gasteiger partial charge is 0.338 e. The van der Waals surface area contributed by atoms with Gasteiger partial charge in [-0.2, -0.15) is 0 Å². The molecule has 1 rings (SSSR count). The van der Waals surface area contributed by atoms with Crippen LogP contribution in [-0.4, -0.2) is 25.3 Å². The van der Waals surface area contributed by atoms with Crippen molar-refractivity contribution in [2.45, 2.75) is 0 Å². The second kappa shape index (κ2) is 4.50.